The van der Waals surface area contributed by atoms with E-state index in [9.17, 15) is 0 Å². The molecule has 0 bridgehead atoms. The maximum absolute atomic E-state index is 4.26. The minimum Gasteiger partial charge on any atom is -0.0956 e. The molecule has 1 aliphatic rings. The smallest absolute Gasteiger partial charge is 0.0510 e. The largest absolute Gasteiger partial charge is 0.0956 e. The SMILES string of the molecule is C=C(/C=C\C(C)[Si](C)(C)C)C1CCCCC1. The molecule has 1 saturated carbocycles. The van der Waals surface area contributed by atoms with Gasteiger partial charge in [0.25, 0.3) is 0 Å². The van der Waals surface area contributed by atoms with Crippen LogP contribution in [0, 0.1) is 5.92 Å². The molecule has 0 aromatic heterocycles. The summed E-state index contributed by atoms with van der Waals surface area (Å²) >= 11 is 0. The zero-order valence-electron chi connectivity index (χ0n) is 11.6. The highest BCUT2D eigenvalue weighted by Crippen LogP contribution is 2.30. The van der Waals surface area contributed by atoms with Crippen LogP contribution in [0.2, 0.25) is 25.2 Å². The molecule has 1 fully saturated rings. The molecule has 92 valence electrons. The van der Waals surface area contributed by atoms with Crippen LogP contribution in [0.25, 0.3) is 0 Å². The zero-order valence-corrected chi connectivity index (χ0v) is 12.6. The topological polar surface area (TPSA) is 0 Å². The lowest BCUT2D eigenvalue weighted by atomic mass is 9.84. The van der Waals surface area contributed by atoms with E-state index in [0.29, 0.717) is 0 Å². The first-order chi connectivity index (χ1) is 7.41. The van der Waals surface area contributed by atoms with Crippen LogP contribution in [0.1, 0.15) is 39.0 Å². The van der Waals surface area contributed by atoms with Crippen LogP contribution >= 0.6 is 0 Å². The fraction of sp³-hybridized carbons (Fsp3) is 0.733. The van der Waals surface area contributed by atoms with E-state index in [1.54, 1.807) is 0 Å². The molecule has 0 amide bonds. The highest BCUT2D eigenvalue weighted by molar-refractivity contribution is 6.77. The van der Waals surface area contributed by atoms with Gasteiger partial charge in [-0.3, -0.25) is 0 Å². The van der Waals surface area contributed by atoms with Crippen molar-refractivity contribution in [2.45, 2.75) is 64.2 Å². The van der Waals surface area contributed by atoms with E-state index >= 15 is 0 Å². The second-order valence-corrected chi connectivity index (χ2v) is 12.1. The molecule has 1 aliphatic carbocycles. The van der Waals surface area contributed by atoms with Gasteiger partial charge in [0.2, 0.25) is 0 Å². The van der Waals surface area contributed by atoms with E-state index in [2.05, 4.69) is 45.3 Å². The van der Waals surface area contributed by atoms with Crippen molar-refractivity contribution in [1.82, 2.24) is 0 Å². The van der Waals surface area contributed by atoms with Crippen LogP contribution < -0.4 is 0 Å². The third-order valence-corrected chi connectivity index (χ3v) is 7.02. The summed E-state index contributed by atoms with van der Waals surface area (Å²) in [5.41, 5.74) is 2.14. The quantitative estimate of drug-likeness (QED) is 0.452. The highest BCUT2D eigenvalue weighted by atomic mass is 28.3. The van der Waals surface area contributed by atoms with Crippen LogP contribution in [0.3, 0.4) is 0 Å². The lowest BCUT2D eigenvalue weighted by Gasteiger charge is -2.24. The molecule has 0 aliphatic heterocycles. The molecule has 1 atom stereocenters. The highest BCUT2D eigenvalue weighted by Gasteiger charge is 2.20. The Hall–Kier alpha value is -0.303. The second kappa shape index (κ2) is 5.86. The van der Waals surface area contributed by atoms with Gasteiger partial charge in [0, 0.05) is 0 Å². The first-order valence-electron chi connectivity index (χ1n) is 6.78. The van der Waals surface area contributed by atoms with Gasteiger partial charge in [0.15, 0.2) is 0 Å². The third kappa shape index (κ3) is 4.29. The average molecular weight is 236 g/mol. The summed E-state index contributed by atoms with van der Waals surface area (Å²) < 4.78 is 0. The van der Waals surface area contributed by atoms with Crippen LogP contribution in [0.5, 0.6) is 0 Å². The summed E-state index contributed by atoms with van der Waals surface area (Å²) in [6.45, 7) is 13.9. The molecule has 0 spiro atoms. The number of allylic oxidation sites excluding steroid dienone is 3. The van der Waals surface area contributed by atoms with Crippen molar-refractivity contribution in [2.75, 3.05) is 0 Å². The Morgan fingerprint density at radius 3 is 2.25 bits per heavy atom. The molecule has 0 nitrogen and oxygen atoms in total. The van der Waals surface area contributed by atoms with Gasteiger partial charge in [-0.2, -0.15) is 0 Å². The van der Waals surface area contributed by atoms with Crippen LogP contribution in [-0.4, -0.2) is 8.07 Å². The Morgan fingerprint density at radius 2 is 1.75 bits per heavy atom. The standard InChI is InChI=1S/C15H28Si/c1-13(15-9-7-6-8-10-15)11-12-14(2)16(3,4)5/h11-12,14-15H,1,6-10H2,2-5H3/b12-11-. The number of hydrogen-bond acceptors (Lipinski definition) is 0. The molecule has 0 saturated heterocycles. The van der Waals surface area contributed by atoms with E-state index in [-0.39, 0.29) is 0 Å². The molecule has 0 N–H and O–H groups in total. The summed E-state index contributed by atoms with van der Waals surface area (Å²) in [5, 5.41) is 0. The lowest BCUT2D eigenvalue weighted by molar-refractivity contribution is 0.409. The third-order valence-electron chi connectivity index (χ3n) is 4.09. The van der Waals surface area contributed by atoms with Crippen molar-refractivity contribution < 1.29 is 0 Å². The molecule has 16 heavy (non-hydrogen) atoms. The van der Waals surface area contributed by atoms with Crippen LogP contribution in [0.4, 0.5) is 0 Å². The fourth-order valence-electron chi connectivity index (χ4n) is 2.17. The van der Waals surface area contributed by atoms with E-state index in [1.165, 1.54) is 37.7 Å². The molecule has 0 heterocycles. The molecule has 1 unspecified atom stereocenters. The molecule has 1 heteroatoms. The van der Waals surface area contributed by atoms with Crippen molar-refractivity contribution in [3.63, 3.8) is 0 Å². The van der Waals surface area contributed by atoms with E-state index < -0.39 is 8.07 Å². The van der Waals surface area contributed by atoms with Crippen LogP contribution in [0.15, 0.2) is 24.3 Å². The van der Waals surface area contributed by atoms with Crippen molar-refractivity contribution in [1.29, 1.82) is 0 Å². The Balaban J connectivity index is 2.46. The Morgan fingerprint density at radius 1 is 1.19 bits per heavy atom. The van der Waals surface area contributed by atoms with Crippen molar-refractivity contribution in [3.8, 4) is 0 Å². The summed E-state index contributed by atoms with van der Waals surface area (Å²) in [6.07, 6.45) is 11.7. The average Bonchev–Trinajstić information content (AvgIpc) is 2.25. The van der Waals surface area contributed by atoms with Crippen molar-refractivity contribution in [3.05, 3.63) is 24.3 Å². The van der Waals surface area contributed by atoms with Gasteiger partial charge >= 0.3 is 0 Å². The minimum atomic E-state index is -1.00. The monoisotopic (exact) mass is 236 g/mol. The van der Waals surface area contributed by atoms with Gasteiger partial charge in [-0.05, 0) is 24.3 Å². The van der Waals surface area contributed by atoms with E-state index in [4.69, 9.17) is 0 Å². The fourth-order valence-corrected chi connectivity index (χ4v) is 2.84. The predicted octanol–water partition coefficient (Wildman–Crippen LogP) is 5.41. The van der Waals surface area contributed by atoms with Gasteiger partial charge in [-0.1, -0.05) is 70.1 Å². The molecule has 0 aromatic carbocycles. The Labute approximate surface area is 103 Å². The second-order valence-electron chi connectivity index (χ2n) is 6.42. The first kappa shape index (κ1) is 13.8. The van der Waals surface area contributed by atoms with Gasteiger partial charge < -0.3 is 0 Å². The van der Waals surface area contributed by atoms with Gasteiger partial charge in [0.1, 0.15) is 0 Å². The molecular weight excluding hydrogens is 208 g/mol. The van der Waals surface area contributed by atoms with Crippen LogP contribution in [-0.2, 0) is 0 Å². The maximum Gasteiger partial charge on any atom is 0.0510 e. The molecule has 1 rings (SSSR count). The van der Waals surface area contributed by atoms with E-state index in [1.807, 2.05) is 0 Å². The first-order valence-corrected chi connectivity index (χ1v) is 10.4. The minimum absolute atomic E-state index is 0.757. The Bertz CT molecular complexity index is 251. The van der Waals surface area contributed by atoms with Gasteiger partial charge in [0.05, 0.1) is 8.07 Å². The normalized spacial score (nSPS) is 21.2. The summed E-state index contributed by atoms with van der Waals surface area (Å²) in [6, 6.07) is 0. The molecule has 0 radical (unpaired) electrons. The maximum atomic E-state index is 4.26. The summed E-state index contributed by atoms with van der Waals surface area (Å²) in [7, 11) is -1.00. The van der Waals surface area contributed by atoms with Gasteiger partial charge in [-0.15, -0.1) is 0 Å². The van der Waals surface area contributed by atoms with E-state index in [0.717, 1.165) is 11.5 Å². The summed E-state index contributed by atoms with van der Waals surface area (Å²) in [4.78, 5) is 0. The predicted molar refractivity (Wildman–Crippen MR) is 77.6 cm³/mol. The number of hydrogen-bond donors (Lipinski definition) is 0. The summed E-state index contributed by atoms with van der Waals surface area (Å²) in [5.74, 6) is 0.777. The van der Waals surface area contributed by atoms with Crippen molar-refractivity contribution >= 4 is 8.07 Å². The van der Waals surface area contributed by atoms with Gasteiger partial charge in [-0.25, -0.2) is 0 Å². The molecule has 0 aromatic rings. The molecular formula is C15H28Si. The van der Waals surface area contributed by atoms with Crippen molar-refractivity contribution in [2.24, 2.45) is 5.92 Å². The number of rotatable bonds is 4. The zero-order chi connectivity index (χ0) is 12.2. The Kier molecular flexibility index (Phi) is 5.04. The lowest BCUT2D eigenvalue weighted by Crippen LogP contribution is -2.24.